The predicted molar refractivity (Wildman–Crippen MR) is 72.6 cm³/mol. The van der Waals surface area contributed by atoms with Gasteiger partial charge in [0.25, 0.3) is 0 Å². The van der Waals surface area contributed by atoms with Crippen molar-refractivity contribution < 1.29 is 13.9 Å². The molecule has 0 atom stereocenters. The Morgan fingerprint density at radius 1 is 1.28 bits per heavy atom. The highest BCUT2D eigenvalue weighted by atomic mass is 79.9. The van der Waals surface area contributed by atoms with Gasteiger partial charge in [-0.25, -0.2) is 4.79 Å². The van der Waals surface area contributed by atoms with Gasteiger partial charge in [-0.1, -0.05) is 23.2 Å². The molecule has 2 rings (SSSR count). The molecule has 0 aliphatic carbocycles. The number of carbonyl (C=O) groups excluding carboxylic acids is 1. The summed E-state index contributed by atoms with van der Waals surface area (Å²) in [6.07, 6.45) is 0. The Bertz CT molecular complexity index is 584. The van der Waals surface area contributed by atoms with E-state index in [-0.39, 0.29) is 11.5 Å². The minimum atomic E-state index is -0.614. The molecule has 0 N–H and O–H groups in total. The van der Waals surface area contributed by atoms with Crippen molar-refractivity contribution in [3.05, 3.63) is 50.3 Å². The fourth-order valence-corrected chi connectivity index (χ4v) is 2.04. The molecule has 94 valence electrons. The molecule has 0 radical (unpaired) electrons. The molecule has 1 aromatic heterocycles. The zero-order chi connectivity index (χ0) is 13.3. The summed E-state index contributed by atoms with van der Waals surface area (Å²) >= 11 is 15.0. The Hall–Kier alpha value is -0.970. The first kappa shape index (κ1) is 13.5. The molecule has 0 spiro atoms. The summed E-state index contributed by atoms with van der Waals surface area (Å²) in [4.78, 5) is 11.7. The van der Waals surface area contributed by atoms with E-state index in [0.717, 1.165) is 5.56 Å². The maximum absolute atomic E-state index is 11.7. The summed E-state index contributed by atoms with van der Waals surface area (Å²) in [5, 5.41) is 0.872. The Labute approximate surface area is 122 Å². The van der Waals surface area contributed by atoms with Crippen LogP contribution < -0.4 is 4.74 Å². The molecule has 3 nitrogen and oxygen atoms in total. The third-order valence-electron chi connectivity index (χ3n) is 2.24. The third kappa shape index (κ3) is 2.88. The Balaban J connectivity index is 2.22. The normalized spacial score (nSPS) is 10.4. The molecule has 1 aromatic carbocycles. The van der Waals surface area contributed by atoms with E-state index in [0.29, 0.717) is 14.7 Å². The molecular weight excluding hydrogens is 343 g/mol. The van der Waals surface area contributed by atoms with Gasteiger partial charge in [0.15, 0.2) is 4.67 Å². The van der Waals surface area contributed by atoms with Crippen LogP contribution in [0.3, 0.4) is 0 Å². The van der Waals surface area contributed by atoms with Crippen LogP contribution in [-0.4, -0.2) is 5.97 Å². The number of carbonyl (C=O) groups is 1. The zero-order valence-corrected chi connectivity index (χ0v) is 12.3. The second kappa shape index (κ2) is 5.34. The van der Waals surface area contributed by atoms with E-state index in [1.807, 2.05) is 0 Å². The number of rotatable bonds is 2. The minimum Gasteiger partial charge on any atom is -0.442 e. The summed E-state index contributed by atoms with van der Waals surface area (Å²) in [6.45, 7) is 1.78. The van der Waals surface area contributed by atoms with Gasteiger partial charge in [-0.15, -0.1) is 0 Å². The van der Waals surface area contributed by atoms with Crippen LogP contribution >= 0.6 is 39.1 Å². The topological polar surface area (TPSA) is 39.4 Å². The molecule has 0 saturated carbocycles. The van der Waals surface area contributed by atoms with E-state index in [4.69, 9.17) is 32.4 Å². The summed E-state index contributed by atoms with van der Waals surface area (Å²) < 4.78 is 10.6. The van der Waals surface area contributed by atoms with Gasteiger partial charge in [0.1, 0.15) is 5.75 Å². The lowest BCUT2D eigenvalue weighted by atomic mass is 10.2. The number of hydrogen-bond donors (Lipinski definition) is 0. The number of benzene rings is 1. The van der Waals surface area contributed by atoms with Crippen LogP contribution in [0.5, 0.6) is 5.75 Å². The maximum atomic E-state index is 11.7. The van der Waals surface area contributed by atoms with Gasteiger partial charge >= 0.3 is 5.97 Å². The van der Waals surface area contributed by atoms with Crippen LogP contribution in [-0.2, 0) is 0 Å². The number of furan rings is 1. The lowest BCUT2D eigenvalue weighted by Gasteiger charge is -2.06. The SMILES string of the molecule is Cc1c(Cl)cc(OC(=O)c2ccc(Br)o2)cc1Cl. The fourth-order valence-electron chi connectivity index (χ4n) is 1.26. The van der Waals surface area contributed by atoms with Crippen molar-refractivity contribution >= 4 is 45.1 Å². The number of halogens is 3. The summed E-state index contributed by atoms with van der Waals surface area (Å²) in [6, 6.07) is 6.16. The van der Waals surface area contributed by atoms with Gasteiger partial charge in [0.2, 0.25) is 5.76 Å². The molecule has 0 unspecified atom stereocenters. The van der Waals surface area contributed by atoms with Gasteiger partial charge in [0, 0.05) is 10.0 Å². The van der Waals surface area contributed by atoms with E-state index < -0.39 is 5.97 Å². The van der Waals surface area contributed by atoms with Crippen LogP contribution in [0.2, 0.25) is 10.0 Å². The van der Waals surface area contributed by atoms with Crippen LogP contribution in [0.15, 0.2) is 33.4 Å². The van der Waals surface area contributed by atoms with E-state index in [1.165, 1.54) is 18.2 Å². The molecule has 18 heavy (non-hydrogen) atoms. The molecule has 0 aliphatic rings. The monoisotopic (exact) mass is 348 g/mol. The summed E-state index contributed by atoms with van der Waals surface area (Å²) in [5.74, 6) is -0.250. The van der Waals surface area contributed by atoms with Crippen molar-refractivity contribution in [2.24, 2.45) is 0 Å². The van der Waals surface area contributed by atoms with Crippen LogP contribution in [0.25, 0.3) is 0 Å². The molecule has 0 saturated heterocycles. The van der Waals surface area contributed by atoms with E-state index >= 15 is 0 Å². The predicted octanol–water partition coefficient (Wildman–Crippen LogP) is 4.88. The third-order valence-corrected chi connectivity index (χ3v) is 3.45. The molecular formula is C12H7BrCl2O3. The lowest BCUT2D eigenvalue weighted by molar-refractivity contribution is 0.0700. The average Bonchev–Trinajstić information content (AvgIpc) is 2.72. The molecule has 1 heterocycles. The molecule has 6 heteroatoms. The van der Waals surface area contributed by atoms with Crippen molar-refractivity contribution in [1.82, 2.24) is 0 Å². The second-order valence-electron chi connectivity index (χ2n) is 3.51. The van der Waals surface area contributed by atoms with E-state index in [2.05, 4.69) is 15.9 Å². The van der Waals surface area contributed by atoms with Crippen molar-refractivity contribution in [3.63, 3.8) is 0 Å². The van der Waals surface area contributed by atoms with Crippen molar-refractivity contribution in [1.29, 1.82) is 0 Å². The first-order chi connectivity index (χ1) is 8.47. The van der Waals surface area contributed by atoms with Crippen molar-refractivity contribution in [3.8, 4) is 5.75 Å². The highest BCUT2D eigenvalue weighted by Crippen LogP contribution is 2.30. The van der Waals surface area contributed by atoms with Gasteiger partial charge in [-0.05, 0) is 52.7 Å². The zero-order valence-electron chi connectivity index (χ0n) is 9.17. The minimum absolute atomic E-state index is 0.0923. The van der Waals surface area contributed by atoms with Gasteiger partial charge in [-0.2, -0.15) is 0 Å². The van der Waals surface area contributed by atoms with E-state index in [1.54, 1.807) is 13.0 Å². The molecule has 0 bridgehead atoms. The van der Waals surface area contributed by atoms with E-state index in [9.17, 15) is 4.79 Å². The second-order valence-corrected chi connectivity index (χ2v) is 5.10. The number of esters is 1. The molecule has 0 aliphatic heterocycles. The molecule has 0 fully saturated rings. The fraction of sp³-hybridized carbons (Fsp3) is 0.0833. The Morgan fingerprint density at radius 2 is 1.89 bits per heavy atom. The first-order valence-corrected chi connectivity index (χ1v) is 6.45. The van der Waals surface area contributed by atoms with Crippen LogP contribution in [0.4, 0.5) is 0 Å². The van der Waals surface area contributed by atoms with Crippen LogP contribution in [0, 0.1) is 6.92 Å². The summed E-state index contributed by atoms with van der Waals surface area (Å²) in [7, 11) is 0. The first-order valence-electron chi connectivity index (χ1n) is 4.90. The van der Waals surface area contributed by atoms with Gasteiger partial charge < -0.3 is 9.15 Å². The average molecular weight is 350 g/mol. The van der Waals surface area contributed by atoms with Crippen LogP contribution in [0.1, 0.15) is 16.1 Å². The highest BCUT2D eigenvalue weighted by molar-refractivity contribution is 9.10. The maximum Gasteiger partial charge on any atom is 0.379 e. The van der Waals surface area contributed by atoms with Crippen molar-refractivity contribution in [2.45, 2.75) is 6.92 Å². The van der Waals surface area contributed by atoms with Crippen molar-refractivity contribution in [2.75, 3.05) is 0 Å². The van der Waals surface area contributed by atoms with Gasteiger partial charge in [-0.3, -0.25) is 0 Å². The number of ether oxygens (including phenoxy) is 1. The molecule has 2 aromatic rings. The Morgan fingerprint density at radius 3 is 2.39 bits per heavy atom. The largest absolute Gasteiger partial charge is 0.442 e. The smallest absolute Gasteiger partial charge is 0.379 e. The number of hydrogen-bond acceptors (Lipinski definition) is 3. The quantitative estimate of drug-likeness (QED) is 0.573. The standard InChI is InChI=1S/C12H7BrCl2O3/c1-6-8(14)4-7(5-9(6)15)17-12(16)10-2-3-11(13)18-10/h2-5H,1H3. The van der Waals surface area contributed by atoms with Gasteiger partial charge in [0.05, 0.1) is 0 Å². The molecule has 0 amide bonds. The highest BCUT2D eigenvalue weighted by Gasteiger charge is 2.14. The summed E-state index contributed by atoms with van der Waals surface area (Å²) in [5.41, 5.74) is 0.735. The Kier molecular flexibility index (Phi) is 4.00. The lowest BCUT2D eigenvalue weighted by Crippen LogP contribution is -2.07.